The lowest BCUT2D eigenvalue weighted by molar-refractivity contribution is 0.102. The Morgan fingerprint density at radius 2 is 1.94 bits per heavy atom. The molecule has 0 aliphatic rings. The van der Waals surface area contributed by atoms with Crippen LogP contribution in [-0.2, 0) is 0 Å². The van der Waals surface area contributed by atoms with Crippen LogP contribution < -0.4 is 11.1 Å². The van der Waals surface area contributed by atoms with E-state index in [-0.39, 0.29) is 11.7 Å². The zero-order valence-electron chi connectivity index (χ0n) is 9.97. The van der Waals surface area contributed by atoms with Gasteiger partial charge in [-0.2, -0.15) is 0 Å². The molecule has 2 aromatic rings. The third-order valence-electron chi connectivity index (χ3n) is 2.61. The minimum atomic E-state index is -0.335. The van der Waals surface area contributed by atoms with Gasteiger partial charge in [-0.1, -0.05) is 23.8 Å². The molecule has 1 amide bonds. The van der Waals surface area contributed by atoms with Gasteiger partial charge in [0.15, 0.2) is 0 Å². The highest BCUT2D eigenvalue weighted by atomic mass is 16.3. The summed E-state index contributed by atoms with van der Waals surface area (Å²) in [5.74, 6) is -0.310. The van der Waals surface area contributed by atoms with Crippen LogP contribution in [0.15, 0.2) is 42.5 Å². The van der Waals surface area contributed by atoms with Crippen LogP contribution in [0, 0.1) is 6.92 Å². The molecule has 0 atom stereocenters. The van der Waals surface area contributed by atoms with Crippen molar-refractivity contribution in [1.82, 2.24) is 0 Å². The van der Waals surface area contributed by atoms with Crippen molar-refractivity contribution >= 4 is 17.3 Å². The smallest absolute Gasteiger partial charge is 0.257 e. The van der Waals surface area contributed by atoms with Gasteiger partial charge in [0.05, 0.1) is 11.3 Å². The lowest BCUT2D eigenvalue weighted by Gasteiger charge is -2.09. The summed E-state index contributed by atoms with van der Waals surface area (Å²) in [5, 5.41) is 12.2. The van der Waals surface area contributed by atoms with Gasteiger partial charge >= 0.3 is 0 Å². The Morgan fingerprint density at radius 3 is 2.67 bits per heavy atom. The van der Waals surface area contributed by atoms with E-state index in [0.29, 0.717) is 16.9 Å². The Kier molecular flexibility index (Phi) is 3.19. The predicted molar refractivity (Wildman–Crippen MR) is 71.7 cm³/mol. The van der Waals surface area contributed by atoms with Crippen LogP contribution in [-0.4, -0.2) is 11.0 Å². The number of hydrogen-bond donors (Lipinski definition) is 3. The molecule has 2 aromatic carbocycles. The first-order chi connectivity index (χ1) is 8.58. The van der Waals surface area contributed by atoms with Crippen LogP contribution in [0.5, 0.6) is 5.75 Å². The Morgan fingerprint density at radius 1 is 1.22 bits per heavy atom. The fourth-order valence-corrected chi connectivity index (χ4v) is 1.64. The fourth-order valence-electron chi connectivity index (χ4n) is 1.64. The molecule has 0 aromatic heterocycles. The number of phenolic OH excluding ortho intramolecular Hbond substituents is 1. The third kappa shape index (κ3) is 2.43. The number of aromatic hydroxyl groups is 1. The number of nitrogens with two attached hydrogens (primary N) is 1. The zero-order chi connectivity index (χ0) is 13.1. The van der Waals surface area contributed by atoms with Crippen molar-refractivity contribution in [3.05, 3.63) is 53.6 Å². The van der Waals surface area contributed by atoms with E-state index in [1.807, 2.05) is 13.0 Å². The maximum atomic E-state index is 12.0. The summed E-state index contributed by atoms with van der Waals surface area (Å²) in [7, 11) is 0. The number of aryl methyl sites for hydroxylation is 1. The van der Waals surface area contributed by atoms with Crippen molar-refractivity contribution in [3.8, 4) is 5.75 Å². The Bertz CT molecular complexity index is 594. The topological polar surface area (TPSA) is 75.4 Å². The van der Waals surface area contributed by atoms with Gasteiger partial charge in [0, 0.05) is 5.69 Å². The molecule has 4 heteroatoms. The number of carbonyl (C=O) groups is 1. The Labute approximate surface area is 105 Å². The molecule has 0 spiro atoms. The molecule has 0 aliphatic heterocycles. The van der Waals surface area contributed by atoms with Gasteiger partial charge < -0.3 is 16.2 Å². The molecule has 0 heterocycles. The van der Waals surface area contributed by atoms with Crippen LogP contribution in [0.4, 0.5) is 11.4 Å². The van der Waals surface area contributed by atoms with Crippen LogP contribution in [0.2, 0.25) is 0 Å². The quantitative estimate of drug-likeness (QED) is 0.559. The molecule has 4 N–H and O–H groups in total. The SMILES string of the molecule is Cc1ccc(N)c(C(=O)Nc2ccccc2O)c1. The average molecular weight is 242 g/mol. The fraction of sp³-hybridized carbons (Fsp3) is 0.0714. The number of rotatable bonds is 2. The maximum Gasteiger partial charge on any atom is 0.257 e. The molecular weight excluding hydrogens is 228 g/mol. The molecule has 0 radical (unpaired) electrons. The molecule has 0 bridgehead atoms. The van der Waals surface area contributed by atoms with E-state index in [0.717, 1.165) is 5.56 Å². The highest BCUT2D eigenvalue weighted by Gasteiger charge is 2.11. The summed E-state index contributed by atoms with van der Waals surface area (Å²) in [6.45, 7) is 1.89. The van der Waals surface area contributed by atoms with Gasteiger partial charge in [0.2, 0.25) is 0 Å². The van der Waals surface area contributed by atoms with E-state index in [1.165, 1.54) is 6.07 Å². The first kappa shape index (κ1) is 12.0. The second-order valence-electron chi connectivity index (χ2n) is 4.06. The number of hydrogen-bond acceptors (Lipinski definition) is 3. The third-order valence-corrected chi connectivity index (χ3v) is 2.61. The van der Waals surface area contributed by atoms with Gasteiger partial charge in [-0.15, -0.1) is 0 Å². The Hall–Kier alpha value is -2.49. The van der Waals surface area contributed by atoms with Gasteiger partial charge in [-0.3, -0.25) is 4.79 Å². The summed E-state index contributed by atoms with van der Waals surface area (Å²) in [6, 6.07) is 11.8. The standard InChI is InChI=1S/C14H14N2O2/c1-9-6-7-11(15)10(8-9)14(18)16-12-4-2-3-5-13(12)17/h2-8,17H,15H2,1H3,(H,16,18). The number of benzene rings is 2. The summed E-state index contributed by atoms with van der Waals surface area (Å²) in [6.07, 6.45) is 0. The molecule has 4 nitrogen and oxygen atoms in total. The molecule has 92 valence electrons. The number of amides is 1. The largest absolute Gasteiger partial charge is 0.506 e. The van der Waals surface area contributed by atoms with E-state index in [2.05, 4.69) is 5.32 Å². The molecule has 2 rings (SSSR count). The van der Waals surface area contributed by atoms with E-state index in [9.17, 15) is 9.90 Å². The first-order valence-corrected chi connectivity index (χ1v) is 5.53. The van der Waals surface area contributed by atoms with Gasteiger partial charge in [0.1, 0.15) is 5.75 Å². The average Bonchev–Trinajstić information content (AvgIpc) is 2.35. The number of phenols is 1. The van der Waals surface area contributed by atoms with Gasteiger partial charge in [-0.25, -0.2) is 0 Å². The number of carbonyl (C=O) groups excluding carboxylic acids is 1. The summed E-state index contributed by atoms with van der Waals surface area (Å²) < 4.78 is 0. The molecule has 0 unspecified atom stereocenters. The second-order valence-corrected chi connectivity index (χ2v) is 4.06. The van der Waals surface area contributed by atoms with Crippen LogP contribution in [0.3, 0.4) is 0 Å². The molecule has 0 fully saturated rings. The van der Waals surface area contributed by atoms with E-state index in [4.69, 9.17) is 5.73 Å². The normalized spacial score (nSPS) is 10.1. The number of nitrogen functional groups attached to an aromatic ring is 1. The van der Waals surface area contributed by atoms with Crippen molar-refractivity contribution in [1.29, 1.82) is 0 Å². The highest BCUT2D eigenvalue weighted by molar-refractivity contribution is 6.08. The van der Waals surface area contributed by atoms with Crippen molar-refractivity contribution in [2.24, 2.45) is 0 Å². The number of para-hydroxylation sites is 2. The molecular formula is C14H14N2O2. The minimum absolute atomic E-state index is 0.0251. The van der Waals surface area contributed by atoms with Crippen LogP contribution >= 0.6 is 0 Å². The van der Waals surface area contributed by atoms with Crippen molar-refractivity contribution < 1.29 is 9.90 Å². The van der Waals surface area contributed by atoms with Crippen molar-refractivity contribution in [3.63, 3.8) is 0 Å². The summed E-state index contributed by atoms with van der Waals surface area (Å²) >= 11 is 0. The monoisotopic (exact) mass is 242 g/mol. The van der Waals surface area contributed by atoms with Crippen molar-refractivity contribution in [2.45, 2.75) is 6.92 Å². The van der Waals surface area contributed by atoms with E-state index in [1.54, 1.807) is 30.3 Å². The predicted octanol–water partition coefficient (Wildman–Crippen LogP) is 2.54. The molecule has 0 saturated carbocycles. The van der Waals surface area contributed by atoms with Gasteiger partial charge in [-0.05, 0) is 31.2 Å². The molecule has 0 aliphatic carbocycles. The second kappa shape index (κ2) is 4.79. The first-order valence-electron chi connectivity index (χ1n) is 5.53. The van der Waals surface area contributed by atoms with Gasteiger partial charge in [0.25, 0.3) is 5.91 Å². The molecule has 0 saturated heterocycles. The lowest BCUT2D eigenvalue weighted by atomic mass is 10.1. The Balaban J connectivity index is 2.28. The summed E-state index contributed by atoms with van der Waals surface area (Å²) in [5.41, 5.74) is 7.89. The van der Waals surface area contributed by atoms with Crippen LogP contribution in [0.1, 0.15) is 15.9 Å². The molecule has 18 heavy (non-hydrogen) atoms. The number of nitrogens with one attached hydrogen (secondary N) is 1. The minimum Gasteiger partial charge on any atom is -0.506 e. The zero-order valence-corrected chi connectivity index (χ0v) is 9.97. The lowest BCUT2D eigenvalue weighted by Crippen LogP contribution is -2.14. The van der Waals surface area contributed by atoms with E-state index >= 15 is 0 Å². The van der Waals surface area contributed by atoms with E-state index < -0.39 is 0 Å². The van der Waals surface area contributed by atoms with Crippen molar-refractivity contribution in [2.75, 3.05) is 11.1 Å². The number of anilines is 2. The summed E-state index contributed by atoms with van der Waals surface area (Å²) in [4.78, 5) is 12.0. The maximum absolute atomic E-state index is 12.0. The highest BCUT2D eigenvalue weighted by Crippen LogP contribution is 2.23. The van der Waals surface area contributed by atoms with Crippen LogP contribution in [0.25, 0.3) is 0 Å².